The number of benzene rings is 3. The van der Waals surface area contributed by atoms with Crippen molar-refractivity contribution in [3.8, 4) is 11.5 Å². The smallest absolute Gasteiger partial charge is 0.264 e. The average molecular weight is 503 g/mol. The summed E-state index contributed by atoms with van der Waals surface area (Å²) in [5, 5.41) is 3.27. The first kappa shape index (κ1) is 25.4. The highest BCUT2D eigenvalue weighted by molar-refractivity contribution is 7.92. The van der Waals surface area contributed by atoms with Crippen LogP contribution in [0.15, 0.2) is 77.7 Å². The molecule has 0 saturated heterocycles. The SMILES string of the molecule is CCOc1ccccc1N(CC(=O)N[C@@H](C)c1ccccc1OC)S(=O)(=O)c1ccc(Cl)cc1. The molecule has 0 aliphatic rings. The van der Waals surface area contributed by atoms with E-state index in [2.05, 4.69) is 5.32 Å². The topological polar surface area (TPSA) is 84.9 Å². The molecule has 34 heavy (non-hydrogen) atoms. The second kappa shape index (κ2) is 11.3. The number of hydrogen-bond acceptors (Lipinski definition) is 5. The Morgan fingerprint density at radius 1 is 1.00 bits per heavy atom. The third-order valence-corrected chi connectivity index (χ3v) is 7.13. The van der Waals surface area contributed by atoms with Gasteiger partial charge in [-0.2, -0.15) is 0 Å². The molecular formula is C25H27ClN2O5S. The van der Waals surface area contributed by atoms with Gasteiger partial charge in [0.25, 0.3) is 10.0 Å². The first-order valence-electron chi connectivity index (χ1n) is 10.7. The van der Waals surface area contributed by atoms with Crippen LogP contribution in [0, 0.1) is 0 Å². The summed E-state index contributed by atoms with van der Waals surface area (Å²) in [6, 6.07) is 19.4. The fraction of sp³-hybridized carbons (Fsp3) is 0.240. The molecule has 1 N–H and O–H groups in total. The highest BCUT2D eigenvalue weighted by Crippen LogP contribution is 2.33. The molecule has 0 unspecified atom stereocenters. The summed E-state index contributed by atoms with van der Waals surface area (Å²) in [6.07, 6.45) is 0. The molecule has 9 heteroatoms. The van der Waals surface area contributed by atoms with Gasteiger partial charge in [0, 0.05) is 10.6 Å². The molecule has 0 radical (unpaired) electrons. The molecule has 1 amide bonds. The van der Waals surface area contributed by atoms with Gasteiger partial charge in [-0.1, -0.05) is 41.9 Å². The molecule has 7 nitrogen and oxygen atoms in total. The van der Waals surface area contributed by atoms with Gasteiger partial charge in [0.1, 0.15) is 18.0 Å². The number of para-hydroxylation sites is 3. The molecule has 0 fully saturated rings. The molecule has 0 heterocycles. The summed E-state index contributed by atoms with van der Waals surface area (Å²) in [5.41, 5.74) is 1.04. The van der Waals surface area contributed by atoms with Gasteiger partial charge >= 0.3 is 0 Å². The van der Waals surface area contributed by atoms with E-state index in [0.717, 1.165) is 9.87 Å². The fourth-order valence-electron chi connectivity index (χ4n) is 3.49. The number of rotatable bonds is 10. The maximum Gasteiger partial charge on any atom is 0.264 e. The van der Waals surface area contributed by atoms with E-state index in [9.17, 15) is 13.2 Å². The lowest BCUT2D eigenvalue weighted by molar-refractivity contribution is -0.120. The highest BCUT2D eigenvalue weighted by Gasteiger charge is 2.30. The van der Waals surface area contributed by atoms with Crippen molar-refractivity contribution in [3.05, 3.63) is 83.4 Å². The number of ether oxygens (including phenoxy) is 2. The van der Waals surface area contributed by atoms with E-state index in [0.29, 0.717) is 23.1 Å². The van der Waals surface area contributed by atoms with E-state index >= 15 is 0 Å². The molecule has 3 aromatic carbocycles. The van der Waals surface area contributed by atoms with Crippen LogP contribution in [-0.4, -0.2) is 34.6 Å². The maximum absolute atomic E-state index is 13.6. The first-order valence-corrected chi connectivity index (χ1v) is 12.5. The van der Waals surface area contributed by atoms with Gasteiger partial charge in [0.15, 0.2) is 0 Å². The summed E-state index contributed by atoms with van der Waals surface area (Å²) < 4.78 is 39.3. The zero-order valence-corrected chi connectivity index (χ0v) is 20.8. The van der Waals surface area contributed by atoms with Gasteiger partial charge < -0.3 is 14.8 Å². The molecule has 0 aromatic heterocycles. The van der Waals surface area contributed by atoms with E-state index in [1.54, 1.807) is 44.4 Å². The molecule has 0 saturated carbocycles. The minimum absolute atomic E-state index is 0.00813. The van der Waals surface area contributed by atoms with Crippen molar-refractivity contribution in [3.63, 3.8) is 0 Å². The summed E-state index contributed by atoms with van der Waals surface area (Å²) in [6.45, 7) is 3.50. The summed E-state index contributed by atoms with van der Waals surface area (Å²) in [5.74, 6) is 0.498. The average Bonchev–Trinajstić information content (AvgIpc) is 2.83. The predicted octanol–water partition coefficient (Wildman–Crippen LogP) is 4.82. The number of carbonyl (C=O) groups is 1. The first-order chi connectivity index (χ1) is 16.3. The van der Waals surface area contributed by atoms with Crippen LogP contribution in [0.4, 0.5) is 5.69 Å². The Balaban J connectivity index is 1.96. The van der Waals surface area contributed by atoms with Crippen LogP contribution < -0.4 is 19.1 Å². The van der Waals surface area contributed by atoms with E-state index in [1.807, 2.05) is 25.1 Å². The Bertz CT molecular complexity index is 1230. The second-order valence-corrected chi connectivity index (χ2v) is 9.70. The highest BCUT2D eigenvalue weighted by atomic mass is 35.5. The van der Waals surface area contributed by atoms with E-state index in [-0.39, 0.29) is 10.6 Å². The van der Waals surface area contributed by atoms with Gasteiger partial charge in [-0.3, -0.25) is 9.10 Å². The van der Waals surface area contributed by atoms with Gasteiger partial charge in [-0.25, -0.2) is 8.42 Å². The van der Waals surface area contributed by atoms with Gasteiger partial charge in [-0.05, 0) is 56.3 Å². The van der Waals surface area contributed by atoms with Crippen LogP contribution in [0.3, 0.4) is 0 Å². The van der Waals surface area contributed by atoms with Crippen LogP contribution in [0.5, 0.6) is 11.5 Å². The molecular weight excluding hydrogens is 476 g/mol. The van der Waals surface area contributed by atoms with Crippen LogP contribution in [-0.2, 0) is 14.8 Å². The number of anilines is 1. The quantitative estimate of drug-likeness (QED) is 0.429. The second-order valence-electron chi connectivity index (χ2n) is 7.40. The van der Waals surface area contributed by atoms with Crippen LogP contribution in [0.2, 0.25) is 5.02 Å². The van der Waals surface area contributed by atoms with Crippen molar-refractivity contribution in [1.29, 1.82) is 0 Å². The third kappa shape index (κ3) is 5.81. The number of nitrogens with one attached hydrogen (secondary N) is 1. The van der Waals surface area contributed by atoms with Gasteiger partial charge in [-0.15, -0.1) is 0 Å². The van der Waals surface area contributed by atoms with Crippen molar-refractivity contribution in [2.75, 3.05) is 24.6 Å². The maximum atomic E-state index is 13.6. The van der Waals surface area contributed by atoms with Crippen molar-refractivity contribution in [2.24, 2.45) is 0 Å². The number of carbonyl (C=O) groups excluding carboxylic acids is 1. The third-order valence-electron chi connectivity index (χ3n) is 5.11. The molecule has 0 spiro atoms. The van der Waals surface area contributed by atoms with E-state index in [1.165, 1.54) is 24.3 Å². The monoisotopic (exact) mass is 502 g/mol. The predicted molar refractivity (Wildman–Crippen MR) is 133 cm³/mol. The Hall–Kier alpha value is -3.23. The van der Waals surface area contributed by atoms with Crippen molar-refractivity contribution >= 4 is 33.2 Å². The van der Waals surface area contributed by atoms with Crippen molar-refractivity contribution in [2.45, 2.75) is 24.8 Å². The van der Waals surface area contributed by atoms with Crippen LogP contribution in [0.1, 0.15) is 25.5 Å². The number of halogens is 1. The number of amides is 1. The molecule has 180 valence electrons. The van der Waals surface area contributed by atoms with Crippen molar-refractivity contribution < 1.29 is 22.7 Å². The lowest BCUT2D eigenvalue weighted by atomic mass is 10.1. The molecule has 0 aliphatic carbocycles. The van der Waals surface area contributed by atoms with E-state index < -0.39 is 28.5 Å². The van der Waals surface area contributed by atoms with E-state index in [4.69, 9.17) is 21.1 Å². The summed E-state index contributed by atoms with van der Waals surface area (Å²) in [4.78, 5) is 13.1. The number of methoxy groups -OCH3 is 1. The van der Waals surface area contributed by atoms with Crippen LogP contribution >= 0.6 is 11.6 Å². The fourth-order valence-corrected chi connectivity index (χ4v) is 5.05. The molecule has 0 bridgehead atoms. The van der Waals surface area contributed by atoms with Gasteiger partial charge in [0.05, 0.1) is 30.3 Å². The normalized spacial score (nSPS) is 12.0. The molecule has 1 atom stereocenters. The molecule has 3 aromatic rings. The number of sulfonamides is 1. The Kier molecular flexibility index (Phi) is 8.41. The minimum atomic E-state index is -4.11. The number of hydrogen-bond donors (Lipinski definition) is 1. The summed E-state index contributed by atoms with van der Waals surface area (Å²) >= 11 is 5.95. The molecule has 3 rings (SSSR count). The Labute approximate surface area is 205 Å². The zero-order chi connectivity index (χ0) is 24.7. The van der Waals surface area contributed by atoms with Gasteiger partial charge in [0.2, 0.25) is 5.91 Å². The lowest BCUT2D eigenvalue weighted by Gasteiger charge is -2.27. The lowest BCUT2D eigenvalue weighted by Crippen LogP contribution is -2.41. The Morgan fingerprint density at radius 2 is 1.62 bits per heavy atom. The minimum Gasteiger partial charge on any atom is -0.496 e. The number of nitrogens with zero attached hydrogens (tertiary/aromatic N) is 1. The zero-order valence-electron chi connectivity index (χ0n) is 19.2. The largest absolute Gasteiger partial charge is 0.496 e. The standard InChI is InChI=1S/C25H27ClN2O5S/c1-4-33-24-12-8-6-10-22(24)28(34(30,31)20-15-13-19(26)14-16-20)17-25(29)27-18(2)21-9-5-7-11-23(21)32-3/h5-16,18H,4,17H2,1-3H3,(H,27,29)/t18-/m0/s1. The van der Waals surface area contributed by atoms with Crippen LogP contribution in [0.25, 0.3) is 0 Å². The summed E-state index contributed by atoms with van der Waals surface area (Å²) in [7, 11) is -2.56. The Morgan fingerprint density at radius 3 is 2.26 bits per heavy atom. The van der Waals surface area contributed by atoms with Crippen molar-refractivity contribution in [1.82, 2.24) is 5.32 Å². The molecule has 0 aliphatic heterocycles.